The molecule has 4 nitrogen and oxygen atoms in total. The van der Waals surface area contributed by atoms with E-state index in [2.05, 4.69) is 4.98 Å². The highest BCUT2D eigenvalue weighted by Crippen LogP contribution is 2.22. The van der Waals surface area contributed by atoms with Gasteiger partial charge in [-0.1, -0.05) is 0 Å². The summed E-state index contributed by atoms with van der Waals surface area (Å²) in [5.41, 5.74) is 7.62. The molecule has 0 radical (unpaired) electrons. The molecular formula is C10H13N3O. The highest BCUT2D eigenvalue weighted by atomic mass is 16.3. The summed E-state index contributed by atoms with van der Waals surface area (Å²) in [4.78, 5) is 4.24. The fourth-order valence-electron chi connectivity index (χ4n) is 1.64. The van der Waals surface area contributed by atoms with Crippen LogP contribution in [0.1, 0.15) is 11.6 Å². The lowest BCUT2D eigenvalue weighted by Gasteiger charge is -2.05. The summed E-state index contributed by atoms with van der Waals surface area (Å²) in [5.74, 6) is 0. The Kier molecular flexibility index (Phi) is 2.23. The van der Waals surface area contributed by atoms with Gasteiger partial charge in [-0.25, -0.2) is 4.98 Å². The summed E-state index contributed by atoms with van der Waals surface area (Å²) in [6.07, 6.45) is 3.66. The predicted molar refractivity (Wildman–Crippen MR) is 54.7 cm³/mol. The maximum Gasteiger partial charge on any atom is 0.139 e. The van der Waals surface area contributed by atoms with E-state index in [9.17, 15) is 0 Å². The number of fused-ring (bicyclic) bond motifs is 1. The van der Waals surface area contributed by atoms with E-state index in [0.29, 0.717) is 0 Å². The van der Waals surface area contributed by atoms with Crippen molar-refractivity contribution in [3.63, 3.8) is 0 Å². The lowest BCUT2D eigenvalue weighted by atomic mass is 10.1. The Bertz CT molecular complexity index is 450. The molecule has 0 aliphatic carbocycles. The lowest BCUT2D eigenvalue weighted by molar-refractivity contribution is 0.268. The second-order valence-corrected chi connectivity index (χ2v) is 3.36. The average molecular weight is 191 g/mol. The largest absolute Gasteiger partial charge is 0.394 e. The summed E-state index contributed by atoms with van der Waals surface area (Å²) in [5, 5.41) is 10.0. The molecule has 14 heavy (non-hydrogen) atoms. The van der Waals surface area contributed by atoms with Crippen LogP contribution in [0.25, 0.3) is 11.0 Å². The molecule has 3 N–H and O–H groups in total. The number of nitrogens with two attached hydrogens (primary N) is 1. The van der Waals surface area contributed by atoms with Crippen molar-refractivity contribution in [3.8, 4) is 0 Å². The zero-order chi connectivity index (χ0) is 10.1. The second kappa shape index (κ2) is 3.40. The van der Waals surface area contributed by atoms with Crippen LogP contribution in [-0.4, -0.2) is 21.3 Å². The number of nitrogens with zero attached hydrogens (tertiary/aromatic N) is 2. The standard InChI is InChI=1S/C10H13N3O/c1-13-5-8(9(11)6-14)7-3-2-4-12-10(7)13/h2-5,9,14H,6,11H2,1H3. The number of hydrogen-bond donors (Lipinski definition) is 2. The zero-order valence-corrected chi connectivity index (χ0v) is 8.01. The molecule has 0 aliphatic heterocycles. The van der Waals surface area contributed by atoms with Gasteiger partial charge in [-0.15, -0.1) is 0 Å². The minimum Gasteiger partial charge on any atom is -0.394 e. The van der Waals surface area contributed by atoms with Crippen molar-refractivity contribution in [2.45, 2.75) is 6.04 Å². The van der Waals surface area contributed by atoms with Crippen LogP contribution in [0.2, 0.25) is 0 Å². The van der Waals surface area contributed by atoms with E-state index < -0.39 is 0 Å². The van der Waals surface area contributed by atoms with Gasteiger partial charge in [-0.05, 0) is 17.7 Å². The lowest BCUT2D eigenvalue weighted by Crippen LogP contribution is -2.13. The van der Waals surface area contributed by atoms with Crippen molar-refractivity contribution in [1.82, 2.24) is 9.55 Å². The van der Waals surface area contributed by atoms with Gasteiger partial charge in [0.15, 0.2) is 0 Å². The van der Waals surface area contributed by atoms with Gasteiger partial charge in [-0.3, -0.25) is 0 Å². The Balaban J connectivity index is 2.66. The number of hydrogen-bond acceptors (Lipinski definition) is 3. The smallest absolute Gasteiger partial charge is 0.139 e. The molecule has 0 fully saturated rings. The molecule has 1 unspecified atom stereocenters. The zero-order valence-electron chi connectivity index (χ0n) is 8.01. The first-order valence-electron chi connectivity index (χ1n) is 4.50. The van der Waals surface area contributed by atoms with Crippen molar-refractivity contribution in [3.05, 3.63) is 30.1 Å². The number of aliphatic hydroxyl groups is 1. The number of pyridine rings is 1. The molecule has 2 rings (SSSR count). The topological polar surface area (TPSA) is 64.1 Å². The van der Waals surface area contributed by atoms with Gasteiger partial charge in [-0.2, -0.15) is 0 Å². The molecule has 2 aromatic heterocycles. The van der Waals surface area contributed by atoms with Crippen LogP contribution >= 0.6 is 0 Å². The summed E-state index contributed by atoms with van der Waals surface area (Å²) >= 11 is 0. The van der Waals surface area contributed by atoms with Gasteiger partial charge in [0.25, 0.3) is 0 Å². The van der Waals surface area contributed by atoms with Crippen molar-refractivity contribution >= 4 is 11.0 Å². The SMILES string of the molecule is Cn1cc(C(N)CO)c2cccnc21. The predicted octanol–water partition coefficient (Wildman–Crippen LogP) is 0.565. The van der Waals surface area contributed by atoms with E-state index in [4.69, 9.17) is 10.8 Å². The average Bonchev–Trinajstić information content (AvgIpc) is 2.56. The van der Waals surface area contributed by atoms with Gasteiger partial charge in [0.1, 0.15) is 5.65 Å². The van der Waals surface area contributed by atoms with E-state index >= 15 is 0 Å². The van der Waals surface area contributed by atoms with Gasteiger partial charge in [0, 0.05) is 24.8 Å². The summed E-state index contributed by atoms with van der Waals surface area (Å²) < 4.78 is 1.92. The van der Waals surface area contributed by atoms with Crippen molar-refractivity contribution in [2.75, 3.05) is 6.61 Å². The number of aryl methyl sites for hydroxylation is 1. The van der Waals surface area contributed by atoms with Crippen LogP contribution in [0.15, 0.2) is 24.5 Å². The first kappa shape index (κ1) is 9.18. The monoisotopic (exact) mass is 191 g/mol. The molecule has 0 saturated heterocycles. The number of rotatable bonds is 2. The third-order valence-corrected chi connectivity index (χ3v) is 2.36. The molecule has 0 aromatic carbocycles. The third kappa shape index (κ3) is 1.29. The van der Waals surface area contributed by atoms with Crippen molar-refractivity contribution < 1.29 is 5.11 Å². The fraction of sp³-hybridized carbons (Fsp3) is 0.300. The molecule has 0 saturated carbocycles. The first-order valence-corrected chi connectivity index (χ1v) is 4.50. The van der Waals surface area contributed by atoms with E-state index in [1.807, 2.05) is 29.9 Å². The van der Waals surface area contributed by atoms with E-state index in [1.54, 1.807) is 6.20 Å². The first-order chi connectivity index (χ1) is 6.74. The summed E-state index contributed by atoms with van der Waals surface area (Å²) in [6.45, 7) is -0.0476. The Hall–Kier alpha value is -1.39. The van der Waals surface area contributed by atoms with Crippen LogP contribution in [0, 0.1) is 0 Å². The molecule has 4 heteroatoms. The Morgan fingerprint density at radius 3 is 3.14 bits per heavy atom. The molecule has 0 bridgehead atoms. The third-order valence-electron chi connectivity index (χ3n) is 2.36. The van der Waals surface area contributed by atoms with E-state index in [0.717, 1.165) is 16.6 Å². The molecule has 0 aliphatic rings. The van der Waals surface area contributed by atoms with Gasteiger partial charge in [0.2, 0.25) is 0 Å². The minimum atomic E-state index is -0.331. The second-order valence-electron chi connectivity index (χ2n) is 3.36. The van der Waals surface area contributed by atoms with Crippen LogP contribution in [0.3, 0.4) is 0 Å². The van der Waals surface area contributed by atoms with Gasteiger partial charge in [0.05, 0.1) is 12.6 Å². The maximum atomic E-state index is 9.00. The summed E-state index contributed by atoms with van der Waals surface area (Å²) in [7, 11) is 1.92. The molecule has 0 spiro atoms. The number of aromatic nitrogens is 2. The van der Waals surface area contributed by atoms with Crippen LogP contribution in [-0.2, 0) is 7.05 Å². The molecule has 2 aromatic rings. The maximum absolute atomic E-state index is 9.00. The Morgan fingerprint density at radius 1 is 1.64 bits per heavy atom. The number of aliphatic hydroxyl groups excluding tert-OH is 1. The van der Waals surface area contributed by atoms with Crippen LogP contribution in [0.4, 0.5) is 0 Å². The Morgan fingerprint density at radius 2 is 2.43 bits per heavy atom. The summed E-state index contributed by atoms with van der Waals surface area (Å²) in [6, 6.07) is 3.51. The van der Waals surface area contributed by atoms with Crippen molar-refractivity contribution in [1.29, 1.82) is 0 Å². The van der Waals surface area contributed by atoms with Gasteiger partial charge >= 0.3 is 0 Å². The Labute approximate surface area is 82.0 Å². The van der Waals surface area contributed by atoms with Crippen molar-refractivity contribution in [2.24, 2.45) is 12.8 Å². The minimum absolute atomic E-state index is 0.0476. The molecular weight excluding hydrogens is 178 g/mol. The van der Waals surface area contributed by atoms with Crippen LogP contribution < -0.4 is 5.73 Å². The normalized spacial score (nSPS) is 13.4. The van der Waals surface area contributed by atoms with Crippen LogP contribution in [0.5, 0.6) is 0 Å². The molecule has 74 valence electrons. The highest BCUT2D eigenvalue weighted by Gasteiger charge is 2.12. The van der Waals surface area contributed by atoms with E-state index in [1.165, 1.54) is 0 Å². The highest BCUT2D eigenvalue weighted by molar-refractivity contribution is 5.80. The quantitative estimate of drug-likeness (QED) is 0.729. The fourth-order valence-corrected chi connectivity index (χ4v) is 1.64. The molecule has 1 atom stereocenters. The van der Waals surface area contributed by atoms with Gasteiger partial charge < -0.3 is 15.4 Å². The molecule has 2 heterocycles. The van der Waals surface area contributed by atoms with E-state index in [-0.39, 0.29) is 12.6 Å². The molecule has 0 amide bonds.